The summed E-state index contributed by atoms with van der Waals surface area (Å²) in [5.74, 6) is -3.68. The number of aliphatic hydroxyl groups excluding tert-OH is 1. The number of para-hydroxylation sites is 1. The highest BCUT2D eigenvalue weighted by molar-refractivity contribution is 9.09. The summed E-state index contributed by atoms with van der Waals surface area (Å²) in [6.45, 7) is 8.15. The largest absolute Gasteiger partial charge is 0.481 e. The van der Waals surface area contributed by atoms with Gasteiger partial charge in [0, 0.05) is 30.2 Å². The van der Waals surface area contributed by atoms with Crippen LogP contribution in [0.3, 0.4) is 0 Å². The molecule has 0 saturated carbocycles. The van der Waals surface area contributed by atoms with Gasteiger partial charge >= 0.3 is 5.97 Å². The average Bonchev–Trinajstić information content (AvgIpc) is 3.36. The number of ether oxygens (including phenoxy) is 1. The number of fused-ring (bicyclic) bond motifs is 1. The molecule has 8 nitrogen and oxygen atoms in total. The van der Waals surface area contributed by atoms with Crippen LogP contribution in [0.2, 0.25) is 0 Å². The number of rotatable bonds is 9. The van der Waals surface area contributed by atoms with Crippen molar-refractivity contribution >= 4 is 39.4 Å². The molecule has 2 N–H and O–H groups in total. The van der Waals surface area contributed by atoms with Gasteiger partial charge in [0.1, 0.15) is 11.6 Å². The van der Waals surface area contributed by atoms with Gasteiger partial charge < -0.3 is 24.7 Å². The van der Waals surface area contributed by atoms with Crippen molar-refractivity contribution in [2.45, 2.75) is 55.7 Å². The zero-order valence-electron chi connectivity index (χ0n) is 19.4. The van der Waals surface area contributed by atoms with Crippen LogP contribution in [0.5, 0.6) is 0 Å². The minimum absolute atomic E-state index is 0.0278. The number of hydrogen-bond acceptors (Lipinski definition) is 5. The number of hydrogen-bond donors (Lipinski definition) is 2. The SMILES string of the molecule is C=CCN(C(=O)[C@@H]1N(CCCCO)C(=O)[C@H]2[C@H](C(=O)O)[C@H]3O[C@@]12CC3Br)c1c(C)cccc1C. The molecule has 9 heteroatoms. The van der Waals surface area contributed by atoms with Gasteiger partial charge in [-0.1, -0.05) is 40.2 Å². The summed E-state index contributed by atoms with van der Waals surface area (Å²) in [6, 6.07) is 4.82. The lowest BCUT2D eigenvalue weighted by molar-refractivity contribution is -0.149. The van der Waals surface area contributed by atoms with Crippen molar-refractivity contribution in [1.29, 1.82) is 0 Å². The van der Waals surface area contributed by atoms with E-state index in [4.69, 9.17) is 4.74 Å². The highest BCUT2D eigenvalue weighted by atomic mass is 79.9. The Bertz CT molecular complexity index is 995. The van der Waals surface area contributed by atoms with Gasteiger partial charge in [-0.25, -0.2) is 0 Å². The minimum atomic E-state index is -1.22. The summed E-state index contributed by atoms with van der Waals surface area (Å²) in [7, 11) is 0. The number of carbonyl (C=O) groups excluding carboxylic acids is 2. The molecule has 0 radical (unpaired) electrons. The maximum Gasteiger partial charge on any atom is 0.310 e. The number of aliphatic hydroxyl groups is 1. The highest BCUT2D eigenvalue weighted by Gasteiger charge is 2.76. The second kappa shape index (κ2) is 9.43. The van der Waals surface area contributed by atoms with Gasteiger partial charge in [0.15, 0.2) is 0 Å². The first kappa shape index (κ1) is 24.9. The summed E-state index contributed by atoms with van der Waals surface area (Å²) in [5.41, 5.74) is 1.37. The third kappa shape index (κ3) is 3.69. The summed E-state index contributed by atoms with van der Waals surface area (Å²) in [6.07, 6.45) is 2.32. The second-order valence-electron chi connectivity index (χ2n) is 9.44. The van der Waals surface area contributed by atoms with E-state index in [9.17, 15) is 24.6 Å². The lowest BCUT2D eigenvalue weighted by Gasteiger charge is -2.37. The van der Waals surface area contributed by atoms with E-state index in [1.165, 1.54) is 4.90 Å². The Labute approximate surface area is 207 Å². The summed E-state index contributed by atoms with van der Waals surface area (Å²) in [4.78, 5) is 43.1. The Kier molecular flexibility index (Phi) is 6.90. The number of benzene rings is 1. The Morgan fingerprint density at radius 3 is 2.59 bits per heavy atom. The van der Waals surface area contributed by atoms with E-state index in [-0.39, 0.29) is 36.3 Å². The number of carboxylic acid groups (broad SMARTS) is 1. The van der Waals surface area contributed by atoms with Crippen molar-refractivity contribution in [3.05, 3.63) is 42.0 Å². The van der Waals surface area contributed by atoms with E-state index in [1.54, 1.807) is 11.0 Å². The molecule has 0 aromatic heterocycles. The van der Waals surface area contributed by atoms with Crippen LogP contribution in [-0.4, -0.2) is 75.2 Å². The predicted octanol–water partition coefficient (Wildman–Crippen LogP) is 2.43. The van der Waals surface area contributed by atoms with Gasteiger partial charge in [0.2, 0.25) is 5.91 Å². The molecule has 3 fully saturated rings. The van der Waals surface area contributed by atoms with Gasteiger partial charge in [-0.05, 0) is 44.2 Å². The first-order chi connectivity index (χ1) is 16.2. The lowest BCUT2D eigenvalue weighted by Crippen LogP contribution is -2.57. The topological polar surface area (TPSA) is 107 Å². The predicted molar refractivity (Wildman–Crippen MR) is 130 cm³/mol. The zero-order chi connectivity index (χ0) is 24.8. The Balaban J connectivity index is 1.82. The van der Waals surface area contributed by atoms with Crippen molar-refractivity contribution < 1.29 is 29.3 Å². The molecule has 4 rings (SSSR count). The van der Waals surface area contributed by atoms with Crippen LogP contribution < -0.4 is 4.90 Å². The maximum absolute atomic E-state index is 14.3. The van der Waals surface area contributed by atoms with Crippen LogP contribution in [0, 0.1) is 25.7 Å². The highest BCUT2D eigenvalue weighted by Crippen LogP contribution is 2.60. The molecule has 1 aromatic carbocycles. The minimum Gasteiger partial charge on any atom is -0.481 e. The summed E-state index contributed by atoms with van der Waals surface area (Å²) >= 11 is 3.56. The monoisotopic (exact) mass is 534 g/mol. The molecular formula is C25H31BrN2O6. The van der Waals surface area contributed by atoms with Crippen LogP contribution in [0.4, 0.5) is 5.69 Å². The van der Waals surface area contributed by atoms with Crippen LogP contribution >= 0.6 is 15.9 Å². The molecule has 34 heavy (non-hydrogen) atoms. The first-order valence-corrected chi connectivity index (χ1v) is 12.6. The number of nitrogens with zero attached hydrogens (tertiary/aromatic N) is 2. The van der Waals surface area contributed by atoms with Crippen molar-refractivity contribution in [2.75, 3.05) is 24.6 Å². The van der Waals surface area contributed by atoms with E-state index in [1.807, 2.05) is 32.0 Å². The van der Waals surface area contributed by atoms with Gasteiger partial charge in [-0.2, -0.15) is 0 Å². The quantitative estimate of drug-likeness (QED) is 0.286. The number of unbranched alkanes of at least 4 members (excludes halogenated alkanes) is 1. The summed E-state index contributed by atoms with van der Waals surface area (Å²) in [5, 5.41) is 19.2. The lowest BCUT2D eigenvalue weighted by atomic mass is 9.70. The number of anilines is 1. The van der Waals surface area contributed by atoms with Crippen molar-refractivity contribution in [3.8, 4) is 0 Å². The maximum atomic E-state index is 14.3. The molecule has 3 aliphatic heterocycles. The fraction of sp³-hybridized carbons (Fsp3) is 0.560. The molecule has 2 amide bonds. The molecule has 1 spiro atoms. The average molecular weight is 535 g/mol. The number of carbonyl (C=O) groups is 3. The van der Waals surface area contributed by atoms with Gasteiger partial charge in [-0.3, -0.25) is 14.4 Å². The van der Waals surface area contributed by atoms with Gasteiger partial charge in [0.05, 0.1) is 17.9 Å². The Hall–Kier alpha value is -2.23. The first-order valence-electron chi connectivity index (χ1n) is 11.6. The molecule has 1 unspecified atom stereocenters. The fourth-order valence-electron chi connectivity index (χ4n) is 6.13. The van der Waals surface area contributed by atoms with Crippen molar-refractivity contribution in [2.24, 2.45) is 11.8 Å². The fourth-order valence-corrected chi connectivity index (χ4v) is 7.07. The molecule has 6 atom stereocenters. The normalized spacial score (nSPS) is 31.6. The van der Waals surface area contributed by atoms with Crippen LogP contribution in [0.25, 0.3) is 0 Å². The van der Waals surface area contributed by atoms with Crippen LogP contribution in [-0.2, 0) is 19.1 Å². The molecular weight excluding hydrogens is 504 g/mol. The number of carboxylic acids is 1. The molecule has 3 aliphatic rings. The molecule has 1 aromatic rings. The van der Waals surface area contributed by atoms with Crippen molar-refractivity contribution in [1.82, 2.24) is 4.90 Å². The second-order valence-corrected chi connectivity index (χ2v) is 10.6. The molecule has 3 heterocycles. The number of aryl methyl sites for hydroxylation is 2. The summed E-state index contributed by atoms with van der Waals surface area (Å²) < 4.78 is 6.32. The van der Waals surface area contributed by atoms with E-state index in [0.29, 0.717) is 19.3 Å². The van der Waals surface area contributed by atoms with E-state index in [0.717, 1.165) is 16.8 Å². The number of halogens is 1. The number of alkyl halides is 1. The van der Waals surface area contributed by atoms with Crippen LogP contribution in [0.1, 0.15) is 30.4 Å². The van der Waals surface area contributed by atoms with Gasteiger partial charge in [-0.15, -0.1) is 6.58 Å². The number of amides is 2. The number of aliphatic carboxylic acids is 1. The molecule has 184 valence electrons. The molecule has 2 bridgehead atoms. The van der Waals surface area contributed by atoms with E-state index >= 15 is 0 Å². The molecule has 0 aliphatic carbocycles. The van der Waals surface area contributed by atoms with Crippen LogP contribution in [0.15, 0.2) is 30.9 Å². The Morgan fingerprint density at radius 2 is 2.00 bits per heavy atom. The smallest absolute Gasteiger partial charge is 0.310 e. The van der Waals surface area contributed by atoms with E-state index in [2.05, 4.69) is 22.5 Å². The molecule has 3 saturated heterocycles. The third-order valence-electron chi connectivity index (χ3n) is 7.40. The van der Waals surface area contributed by atoms with Crippen molar-refractivity contribution in [3.63, 3.8) is 0 Å². The zero-order valence-corrected chi connectivity index (χ0v) is 21.0. The third-order valence-corrected chi connectivity index (χ3v) is 8.25. The van der Waals surface area contributed by atoms with E-state index < -0.39 is 35.6 Å². The standard InChI is InChI=1S/C25H31BrN2O6/c1-4-10-27(19-14(2)8-7-9-15(19)3)23(31)21-25-13-16(26)20(34-25)17(24(32)33)18(25)22(30)28(21)11-5-6-12-29/h4,7-9,16-18,20-21,29H,1,5-6,10-13H2,2-3H3,(H,32,33)/t16?,17-,18+,20-,21-,25+/m0/s1. The number of likely N-dealkylation sites (tertiary alicyclic amines) is 1. The Morgan fingerprint density at radius 1 is 1.32 bits per heavy atom. The van der Waals surface area contributed by atoms with Gasteiger partial charge in [0.25, 0.3) is 5.91 Å².